The van der Waals surface area contributed by atoms with E-state index < -0.39 is 0 Å². The maximum absolute atomic E-state index is 11.4. The summed E-state index contributed by atoms with van der Waals surface area (Å²) in [5.41, 5.74) is 4.30. The average Bonchev–Trinajstić information content (AvgIpc) is 2.85. The third-order valence-electron chi connectivity index (χ3n) is 2.89. The van der Waals surface area contributed by atoms with Gasteiger partial charge in [0, 0.05) is 18.2 Å². The number of aromatic nitrogens is 4. The third-order valence-corrected chi connectivity index (χ3v) is 2.89. The number of Topliss-reactive ketones (excluding diaryl/α,β-unsaturated/α-hetero) is 1. The monoisotopic (exact) mass is 252 g/mol. The van der Waals surface area contributed by atoms with Gasteiger partial charge in [0.15, 0.2) is 11.6 Å². The summed E-state index contributed by atoms with van der Waals surface area (Å²) in [6, 6.07) is 7.69. The first-order chi connectivity index (χ1) is 9.13. The molecule has 0 atom stereocenters. The number of benzene rings is 1. The van der Waals surface area contributed by atoms with Crippen LogP contribution >= 0.6 is 0 Å². The number of fused-ring (bicyclic) bond motifs is 1. The maximum Gasteiger partial charge on any atom is 0.196 e. The van der Waals surface area contributed by atoms with Crippen molar-refractivity contribution in [3.05, 3.63) is 42.1 Å². The van der Waals surface area contributed by atoms with E-state index in [2.05, 4.69) is 19.9 Å². The molecule has 5 nitrogen and oxygen atoms in total. The van der Waals surface area contributed by atoms with E-state index in [0.717, 1.165) is 28.0 Å². The Hall–Kier alpha value is -2.56. The van der Waals surface area contributed by atoms with E-state index in [0.29, 0.717) is 0 Å². The summed E-state index contributed by atoms with van der Waals surface area (Å²) in [6.07, 6.45) is 1.65. The molecule has 0 fully saturated rings. The number of nitrogens with zero attached hydrogens (tertiary/aromatic N) is 3. The molecule has 0 spiro atoms. The molecule has 19 heavy (non-hydrogen) atoms. The van der Waals surface area contributed by atoms with Gasteiger partial charge < -0.3 is 4.98 Å². The molecule has 1 aromatic carbocycles. The van der Waals surface area contributed by atoms with Gasteiger partial charge in [-0.1, -0.05) is 6.07 Å². The van der Waals surface area contributed by atoms with E-state index in [1.54, 1.807) is 6.33 Å². The van der Waals surface area contributed by atoms with E-state index in [1.807, 2.05) is 31.2 Å². The molecule has 2 heterocycles. The quantitative estimate of drug-likeness (QED) is 0.711. The third kappa shape index (κ3) is 2.10. The average molecular weight is 252 g/mol. The first-order valence-electron chi connectivity index (χ1n) is 5.93. The van der Waals surface area contributed by atoms with Crippen LogP contribution in [0.5, 0.6) is 0 Å². The molecule has 0 aliphatic heterocycles. The van der Waals surface area contributed by atoms with Crippen LogP contribution < -0.4 is 0 Å². The van der Waals surface area contributed by atoms with Crippen molar-refractivity contribution in [1.29, 1.82) is 0 Å². The molecule has 2 aromatic heterocycles. The van der Waals surface area contributed by atoms with Crippen LogP contribution in [0, 0.1) is 6.92 Å². The number of imidazole rings is 1. The normalized spacial score (nSPS) is 10.8. The molecule has 0 unspecified atom stereocenters. The van der Waals surface area contributed by atoms with Crippen LogP contribution in [-0.4, -0.2) is 25.7 Å². The second-order valence-electron chi connectivity index (χ2n) is 4.41. The molecule has 1 N–H and O–H groups in total. The van der Waals surface area contributed by atoms with Crippen LogP contribution in [-0.2, 0) is 0 Å². The summed E-state index contributed by atoms with van der Waals surface area (Å²) in [6.45, 7) is 3.32. The van der Waals surface area contributed by atoms with E-state index >= 15 is 0 Å². The summed E-state index contributed by atoms with van der Waals surface area (Å²) >= 11 is 0. The predicted octanol–water partition coefficient (Wildman–Crippen LogP) is 2.53. The lowest BCUT2D eigenvalue weighted by atomic mass is 10.1. The van der Waals surface area contributed by atoms with Crippen LogP contribution in [0.4, 0.5) is 0 Å². The molecule has 0 saturated carbocycles. The molecule has 3 rings (SSSR count). The fourth-order valence-corrected chi connectivity index (χ4v) is 1.97. The Balaban J connectivity index is 2.17. The van der Waals surface area contributed by atoms with Crippen molar-refractivity contribution in [2.24, 2.45) is 0 Å². The summed E-state index contributed by atoms with van der Waals surface area (Å²) in [7, 11) is 0. The van der Waals surface area contributed by atoms with Crippen LogP contribution in [0.1, 0.15) is 23.2 Å². The number of rotatable bonds is 2. The van der Waals surface area contributed by atoms with Gasteiger partial charge in [-0.25, -0.2) is 15.0 Å². The Labute approximate surface area is 109 Å². The van der Waals surface area contributed by atoms with Crippen molar-refractivity contribution < 1.29 is 4.79 Å². The number of aromatic amines is 1. The van der Waals surface area contributed by atoms with Crippen molar-refractivity contribution in [1.82, 2.24) is 19.9 Å². The molecular formula is C14H12N4O. The molecule has 0 amide bonds. The zero-order valence-corrected chi connectivity index (χ0v) is 10.6. The van der Waals surface area contributed by atoms with E-state index in [9.17, 15) is 4.79 Å². The number of nitrogens with one attached hydrogen (secondary N) is 1. The van der Waals surface area contributed by atoms with Crippen molar-refractivity contribution in [2.45, 2.75) is 13.8 Å². The minimum Gasteiger partial charge on any atom is -0.345 e. The van der Waals surface area contributed by atoms with Crippen LogP contribution in [0.3, 0.4) is 0 Å². The number of hydrogen-bond donors (Lipinski definition) is 1. The van der Waals surface area contributed by atoms with Gasteiger partial charge in [-0.15, -0.1) is 0 Å². The Bertz CT molecular complexity index is 776. The van der Waals surface area contributed by atoms with Crippen molar-refractivity contribution in [2.75, 3.05) is 0 Å². The summed E-state index contributed by atoms with van der Waals surface area (Å²) in [4.78, 5) is 27.1. The minimum atomic E-state index is -0.132. The molecule has 0 saturated heterocycles. The number of aryl methyl sites for hydroxylation is 1. The van der Waals surface area contributed by atoms with Crippen molar-refractivity contribution >= 4 is 16.8 Å². The van der Waals surface area contributed by atoms with Gasteiger partial charge in [0.25, 0.3) is 0 Å². The molecule has 3 aromatic rings. The highest BCUT2D eigenvalue weighted by Gasteiger charge is 2.09. The van der Waals surface area contributed by atoms with Gasteiger partial charge in [-0.2, -0.15) is 0 Å². The van der Waals surface area contributed by atoms with Crippen molar-refractivity contribution in [3.8, 4) is 11.3 Å². The Kier molecular flexibility index (Phi) is 2.59. The topological polar surface area (TPSA) is 71.5 Å². The SMILES string of the molecule is CC(=O)c1nc(C)cc(-c2ccc3nc[nH]c3c2)n1. The number of H-pyrrole nitrogens is 1. The number of carbonyl (C=O) groups excluding carboxylic acids is 1. The fraction of sp³-hybridized carbons (Fsp3) is 0.143. The Morgan fingerprint density at radius 3 is 2.84 bits per heavy atom. The van der Waals surface area contributed by atoms with E-state index in [4.69, 9.17) is 0 Å². The van der Waals surface area contributed by atoms with Crippen LogP contribution in [0.25, 0.3) is 22.3 Å². The Morgan fingerprint density at radius 1 is 1.21 bits per heavy atom. The highest BCUT2D eigenvalue weighted by atomic mass is 16.1. The molecular weight excluding hydrogens is 240 g/mol. The largest absolute Gasteiger partial charge is 0.345 e. The zero-order chi connectivity index (χ0) is 13.4. The van der Waals surface area contributed by atoms with E-state index in [-0.39, 0.29) is 11.6 Å². The lowest BCUT2D eigenvalue weighted by Gasteiger charge is -2.04. The van der Waals surface area contributed by atoms with Crippen LogP contribution in [0.2, 0.25) is 0 Å². The lowest BCUT2D eigenvalue weighted by molar-refractivity contribution is 0.100. The maximum atomic E-state index is 11.4. The van der Waals surface area contributed by atoms with Crippen LogP contribution in [0.15, 0.2) is 30.6 Å². The molecule has 94 valence electrons. The second-order valence-corrected chi connectivity index (χ2v) is 4.41. The summed E-state index contributed by atoms with van der Waals surface area (Å²) in [5.74, 6) is 0.118. The summed E-state index contributed by atoms with van der Waals surface area (Å²) < 4.78 is 0. The number of ketones is 1. The first kappa shape index (κ1) is 11.5. The molecule has 0 radical (unpaired) electrons. The minimum absolute atomic E-state index is 0.132. The standard InChI is InChI=1S/C14H12N4O/c1-8-5-12(18-14(17-8)9(2)19)10-3-4-11-13(6-10)16-7-15-11/h3-7H,1-2H3,(H,15,16). The van der Waals surface area contributed by atoms with Gasteiger partial charge in [-0.3, -0.25) is 4.79 Å². The fourth-order valence-electron chi connectivity index (χ4n) is 1.97. The number of carbonyl (C=O) groups is 1. The number of hydrogen-bond acceptors (Lipinski definition) is 4. The molecule has 5 heteroatoms. The predicted molar refractivity (Wildman–Crippen MR) is 71.9 cm³/mol. The van der Waals surface area contributed by atoms with Gasteiger partial charge >= 0.3 is 0 Å². The highest BCUT2D eigenvalue weighted by Crippen LogP contribution is 2.21. The van der Waals surface area contributed by atoms with Gasteiger partial charge in [0.1, 0.15) is 0 Å². The van der Waals surface area contributed by atoms with Crippen molar-refractivity contribution in [3.63, 3.8) is 0 Å². The first-order valence-corrected chi connectivity index (χ1v) is 5.93. The molecule has 0 aliphatic carbocycles. The highest BCUT2D eigenvalue weighted by molar-refractivity contribution is 5.91. The molecule has 0 aliphatic rings. The second kappa shape index (κ2) is 4.28. The van der Waals surface area contributed by atoms with Gasteiger partial charge in [0.05, 0.1) is 23.1 Å². The Morgan fingerprint density at radius 2 is 2.05 bits per heavy atom. The lowest BCUT2D eigenvalue weighted by Crippen LogP contribution is -2.03. The smallest absolute Gasteiger partial charge is 0.196 e. The summed E-state index contributed by atoms with van der Waals surface area (Å²) in [5, 5.41) is 0. The van der Waals surface area contributed by atoms with Gasteiger partial charge in [-0.05, 0) is 25.1 Å². The molecule has 0 bridgehead atoms. The van der Waals surface area contributed by atoms with Gasteiger partial charge in [0.2, 0.25) is 0 Å². The zero-order valence-electron chi connectivity index (χ0n) is 10.6. The van der Waals surface area contributed by atoms with E-state index in [1.165, 1.54) is 6.92 Å².